The number of nitrogens with one attached hydrogen (secondary N) is 1. The Hall–Kier alpha value is -2.37. The number of rotatable bonds is 8. The number of carboxylic acid groups (broad SMARTS) is 1. The third kappa shape index (κ3) is 6.21. The van der Waals surface area contributed by atoms with Gasteiger partial charge < -0.3 is 10.4 Å². The van der Waals surface area contributed by atoms with Gasteiger partial charge in [-0.3, -0.25) is 9.69 Å². The van der Waals surface area contributed by atoms with Crippen molar-refractivity contribution in [2.45, 2.75) is 19.9 Å². The fourth-order valence-corrected chi connectivity index (χ4v) is 2.60. The van der Waals surface area contributed by atoms with Gasteiger partial charge in [0.1, 0.15) is 0 Å². The Morgan fingerprint density at radius 1 is 1.08 bits per heavy atom. The summed E-state index contributed by atoms with van der Waals surface area (Å²) in [6.45, 7) is 3.67. The van der Waals surface area contributed by atoms with Gasteiger partial charge >= 0.3 is 5.97 Å². The predicted octanol–water partition coefficient (Wildman–Crippen LogP) is 3.89. The van der Waals surface area contributed by atoms with Crippen molar-refractivity contribution >= 4 is 29.2 Å². The monoisotopic (exact) mass is 360 g/mol. The topological polar surface area (TPSA) is 69.6 Å². The molecule has 0 spiro atoms. The Bertz CT molecular complexity index is 714. The van der Waals surface area contributed by atoms with E-state index in [9.17, 15) is 9.59 Å². The van der Waals surface area contributed by atoms with E-state index < -0.39 is 5.97 Å². The van der Waals surface area contributed by atoms with Gasteiger partial charge in [-0.05, 0) is 54.9 Å². The standard InChI is InChI=1S/C19H21ClN2O3/c1-2-11-22(12-14-3-5-15(6-4-14)19(24)25)13-18(23)21-17-9-7-16(20)8-10-17/h3-10H,2,11-13H2,1H3,(H,21,23)(H,24,25). The molecule has 0 bridgehead atoms. The highest BCUT2D eigenvalue weighted by Crippen LogP contribution is 2.14. The summed E-state index contributed by atoms with van der Waals surface area (Å²) < 4.78 is 0. The first-order chi connectivity index (χ1) is 12.0. The lowest BCUT2D eigenvalue weighted by molar-refractivity contribution is -0.117. The van der Waals surface area contributed by atoms with Gasteiger partial charge in [0, 0.05) is 17.3 Å². The molecular formula is C19H21ClN2O3. The number of halogens is 1. The summed E-state index contributed by atoms with van der Waals surface area (Å²) in [4.78, 5) is 25.2. The quantitative estimate of drug-likeness (QED) is 0.749. The van der Waals surface area contributed by atoms with E-state index in [4.69, 9.17) is 16.7 Å². The molecule has 6 heteroatoms. The van der Waals surface area contributed by atoms with Gasteiger partial charge in [0.05, 0.1) is 12.1 Å². The first kappa shape index (κ1) is 19.0. The molecule has 2 aromatic carbocycles. The summed E-state index contributed by atoms with van der Waals surface area (Å²) in [6.07, 6.45) is 0.918. The first-order valence-electron chi connectivity index (χ1n) is 8.08. The molecule has 25 heavy (non-hydrogen) atoms. The molecule has 2 rings (SSSR count). The Labute approximate surface area is 152 Å². The van der Waals surface area contributed by atoms with E-state index in [2.05, 4.69) is 12.2 Å². The summed E-state index contributed by atoms with van der Waals surface area (Å²) in [5, 5.41) is 12.4. The molecule has 0 aromatic heterocycles. The number of hydrogen-bond acceptors (Lipinski definition) is 3. The maximum atomic E-state index is 12.3. The molecule has 0 saturated heterocycles. The zero-order valence-electron chi connectivity index (χ0n) is 14.0. The van der Waals surface area contributed by atoms with Crippen molar-refractivity contribution in [3.63, 3.8) is 0 Å². The number of anilines is 1. The zero-order chi connectivity index (χ0) is 18.2. The van der Waals surface area contributed by atoms with Crippen LogP contribution in [0.3, 0.4) is 0 Å². The van der Waals surface area contributed by atoms with E-state index in [1.807, 2.05) is 4.90 Å². The van der Waals surface area contributed by atoms with Crippen molar-refractivity contribution < 1.29 is 14.7 Å². The molecule has 1 amide bonds. The highest BCUT2D eigenvalue weighted by atomic mass is 35.5. The van der Waals surface area contributed by atoms with E-state index in [0.29, 0.717) is 17.3 Å². The summed E-state index contributed by atoms with van der Waals surface area (Å²) in [7, 11) is 0. The molecule has 0 heterocycles. The molecule has 0 aliphatic rings. The van der Waals surface area contributed by atoms with Crippen LogP contribution in [0.1, 0.15) is 29.3 Å². The van der Waals surface area contributed by atoms with Gasteiger partial charge in [0.15, 0.2) is 0 Å². The van der Waals surface area contributed by atoms with Crippen LogP contribution in [0.15, 0.2) is 48.5 Å². The van der Waals surface area contributed by atoms with Crippen LogP contribution in [-0.2, 0) is 11.3 Å². The first-order valence-corrected chi connectivity index (χ1v) is 8.45. The lowest BCUT2D eigenvalue weighted by Gasteiger charge is -2.21. The molecule has 132 valence electrons. The van der Waals surface area contributed by atoms with Crippen molar-refractivity contribution in [2.75, 3.05) is 18.4 Å². The molecule has 0 saturated carbocycles. The van der Waals surface area contributed by atoms with Gasteiger partial charge in [-0.15, -0.1) is 0 Å². The molecule has 2 N–H and O–H groups in total. The molecule has 0 aliphatic heterocycles. The molecular weight excluding hydrogens is 340 g/mol. The van der Waals surface area contributed by atoms with Gasteiger partial charge in [0.25, 0.3) is 0 Å². The van der Waals surface area contributed by atoms with Crippen LogP contribution < -0.4 is 5.32 Å². The maximum Gasteiger partial charge on any atom is 0.335 e. The summed E-state index contributed by atoms with van der Waals surface area (Å²) >= 11 is 5.84. The lowest BCUT2D eigenvalue weighted by atomic mass is 10.1. The predicted molar refractivity (Wildman–Crippen MR) is 99.1 cm³/mol. The van der Waals surface area contributed by atoms with E-state index in [1.54, 1.807) is 48.5 Å². The highest BCUT2D eigenvalue weighted by Gasteiger charge is 2.12. The third-order valence-electron chi connectivity index (χ3n) is 3.64. The second kappa shape index (κ2) is 9.20. The zero-order valence-corrected chi connectivity index (χ0v) is 14.8. The fourth-order valence-electron chi connectivity index (χ4n) is 2.48. The average molecular weight is 361 g/mol. The highest BCUT2D eigenvalue weighted by molar-refractivity contribution is 6.30. The van der Waals surface area contributed by atoms with Gasteiger partial charge in [0.2, 0.25) is 5.91 Å². The SMILES string of the molecule is CCCN(CC(=O)Nc1ccc(Cl)cc1)Cc1ccc(C(=O)O)cc1. The fraction of sp³-hybridized carbons (Fsp3) is 0.263. The normalized spacial score (nSPS) is 10.7. The minimum absolute atomic E-state index is 0.0991. The van der Waals surface area contributed by atoms with Crippen molar-refractivity contribution in [3.8, 4) is 0 Å². The number of carboxylic acids is 1. The summed E-state index contributed by atoms with van der Waals surface area (Å²) in [5.74, 6) is -1.04. The van der Waals surface area contributed by atoms with Crippen molar-refractivity contribution in [1.29, 1.82) is 0 Å². The molecule has 0 radical (unpaired) electrons. The summed E-state index contributed by atoms with van der Waals surface area (Å²) in [5.41, 5.74) is 1.93. The number of aromatic carboxylic acids is 1. The minimum atomic E-state index is -0.945. The molecule has 0 aliphatic carbocycles. The van der Waals surface area contributed by atoms with Crippen molar-refractivity contribution in [1.82, 2.24) is 4.90 Å². The minimum Gasteiger partial charge on any atom is -0.478 e. The molecule has 0 fully saturated rings. The van der Waals surface area contributed by atoms with Crippen molar-refractivity contribution in [2.24, 2.45) is 0 Å². The largest absolute Gasteiger partial charge is 0.478 e. The van der Waals surface area contributed by atoms with Crippen molar-refractivity contribution in [3.05, 3.63) is 64.7 Å². The van der Waals surface area contributed by atoms with Crippen LogP contribution >= 0.6 is 11.6 Å². The average Bonchev–Trinajstić information content (AvgIpc) is 2.57. The lowest BCUT2D eigenvalue weighted by Crippen LogP contribution is -2.33. The van der Waals surface area contributed by atoms with E-state index in [1.165, 1.54) is 0 Å². The third-order valence-corrected chi connectivity index (χ3v) is 3.89. The molecule has 0 unspecified atom stereocenters. The number of hydrogen-bond donors (Lipinski definition) is 2. The Morgan fingerprint density at radius 2 is 1.72 bits per heavy atom. The molecule has 2 aromatic rings. The number of benzene rings is 2. The smallest absolute Gasteiger partial charge is 0.335 e. The van der Waals surface area contributed by atoms with Gasteiger partial charge in [-0.25, -0.2) is 4.79 Å². The van der Waals surface area contributed by atoms with E-state index >= 15 is 0 Å². The second-order valence-electron chi connectivity index (χ2n) is 5.77. The van der Waals surface area contributed by atoms with Crippen LogP contribution in [-0.4, -0.2) is 35.0 Å². The molecule has 0 atom stereocenters. The van der Waals surface area contributed by atoms with Gasteiger partial charge in [-0.1, -0.05) is 30.7 Å². The summed E-state index contributed by atoms with van der Waals surface area (Å²) in [6, 6.07) is 13.7. The number of carbonyl (C=O) groups excluding carboxylic acids is 1. The van der Waals surface area contributed by atoms with Crippen LogP contribution in [0, 0.1) is 0 Å². The Kier molecular flexibility index (Phi) is 6.98. The van der Waals surface area contributed by atoms with E-state index in [-0.39, 0.29) is 18.0 Å². The Balaban J connectivity index is 1.96. The maximum absolute atomic E-state index is 12.3. The van der Waals surface area contributed by atoms with Crippen LogP contribution in [0.2, 0.25) is 5.02 Å². The number of nitrogens with zero attached hydrogens (tertiary/aromatic N) is 1. The second-order valence-corrected chi connectivity index (χ2v) is 6.20. The Morgan fingerprint density at radius 3 is 2.28 bits per heavy atom. The van der Waals surface area contributed by atoms with E-state index in [0.717, 1.165) is 18.5 Å². The number of carbonyl (C=O) groups is 2. The number of amides is 1. The van der Waals surface area contributed by atoms with Crippen LogP contribution in [0.4, 0.5) is 5.69 Å². The van der Waals surface area contributed by atoms with Gasteiger partial charge in [-0.2, -0.15) is 0 Å². The van der Waals surface area contributed by atoms with Crippen LogP contribution in [0.25, 0.3) is 0 Å². The molecule has 5 nitrogen and oxygen atoms in total. The van der Waals surface area contributed by atoms with Crippen LogP contribution in [0.5, 0.6) is 0 Å².